The van der Waals surface area contributed by atoms with Crippen molar-refractivity contribution in [2.24, 2.45) is 0 Å². The van der Waals surface area contributed by atoms with Crippen molar-refractivity contribution >= 4 is 6.08 Å². The number of hydrogen-bond acceptors (Lipinski definition) is 2. The molecular formula is C23H28N2. The zero-order valence-electron chi connectivity index (χ0n) is 15.0. The van der Waals surface area contributed by atoms with Crippen LogP contribution in [0.2, 0.25) is 0 Å². The fraction of sp³-hybridized carbons (Fsp3) is 0.391. The minimum absolute atomic E-state index is 0.747. The maximum absolute atomic E-state index is 2.73. The number of benzene rings is 2. The number of fused-ring (bicyclic) bond motifs is 1. The van der Waals surface area contributed by atoms with Crippen LogP contribution in [-0.4, -0.2) is 48.6 Å². The van der Waals surface area contributed by atoms with Gasteiger partial charge in [0.2, 0.25) is 0 Å². The molecule has 1 fully saturated rings. The summed E-state index contributed by atoms with van der Waals surface area (Å²) in [5.41, 5.74) is 4.44. The average molecular weight is 332 g/mol. The van der Waals surface area contributed by atoms with Gasteiger partial charge in [-0.3, -0.25) is 9.80 Å². The molecule has 0 unspecified atom stereocenters. The Kier molecular flexibility index (Phi) is 5.29. The first kappa shape index (κ1) is 16.6. The third kappa shape index (κ3) is 4.20. The summed E-state index contributed by atoms with van der Waals surface area (Å²) in [5, 5.41) is 0. The molecule has 0 bridgehead atoms. The smallest absolute Gasteiger partial charge is 0.0167 e. The number of piperazine rings is 1. The molecule has 130 valence electrons. The van der Waals surface area contributed by atoms with Crippen LogP contribution in [0.3, 0.4) is 0 Å². The quantitative estimate of drug-likeness (QED) is 0.838. The highest BCUT2D eigenvalue weighted by Crippen LogP contribution is 2.25. The van der Waals surface area contributed by atoms with E-state index in [4.69, 9.17) is 0 Å². The van der Waals surface area contributed by atoms with Crippen LogP contribution < -0.4 is 0 Å². The van der Waals surface area contributed by atoms with Crippen molar-refractivity contribution in [3.05, 3.63) is 77.4 Å². The van der Waals surface area contributed by atoms with Crippen molar-refractivity contribution in [3.63, 3.8) is 0 Å². The van der Waals surface area contributed by atoms with E-state index in [1.165, 1.54) is 51.0 Å². The largest absolute Gasteiger partial charge is 0.298 e. The van der Waals surface area contributed by atoms with Gasteiger partial charge in [0.1, 0.15) is 0 Å². The lowest BCUT2D eigenvalue weighted by atomic mass is 9.87. The summed E-state index contributed by atoms with van der Waals surface area (Å²) in [6.07, 6.45) is 8.36. The minimum atomic E-state index is 0.747. The van der Waals surface area contributed by atoms with E-state index in [1.54, 1.807) is 11.1 Å². The topological polar surface area (TPSA) is 6.48 Å². The van der Waals surface area contributed by atoms with Crippen molar-refractivity contribution in [2.75, 3.05) is 32.7 Å². The molecule has 0 aromatic heterocycles. The predicted molar refractivity (Wildman–Crippen MR) is 106 cm³/mol. The van der Waals surface area contributed by atoms with Crippen LogP contribution in [0.25, 0.3) is 6.08 Å². The summed E-state index contributed by atoms with van der Waals surface area (Å²) in [5.74, 6) is 0. The molecule has 0 saturated carbocycles. The van der Waals surface area contributed by atoms with E-state index in [-0.39, 0.29) is 0 Å². The average Bonchev–Trinajstić information content (AvgIpc) is 2.69. The zero-order valence-corrected chi connectivity index (χ0v) is 15.0. The molecule has 2 aliphatic rings. The number of nitrogens with zero attached hydrogens (tertiary/aromatic N) is 2. The first-order valence-electron chi connectivity index (χ1n) is 9.63. The summed E-state index contributed by atoms with van der Waals surface area (Å²) in [6, 6.07) is 20.3. The second-order valence-electron chi connectivity index (χ2n) is 7.31. The summed E-state index contributed by atoms with van der Waals surface area (Å²) >= 11 is 0. The minimum Gasteiger partial charge on any atom is -0.298 e. The highest BCUT2D eigenvalue weighted by atomic mass is 15.3. The van der Waals surface area contributed by atoms with E-state index in [1.807, 2.05) is 0 Å². The standard InChI is InChI=1S/C23H28N2/c1-2-7-20(8-3-1)9-6-14-24-15-17-25(18-16-24)23-13-12-21-10-4-5-11-22(21)19-23/h1-11,23H,12-19H2/b9-6+/t23-/m1/s1. The Hall–Kier alpha value is -1.90. The van der Waals surface area contributed by atoms with Gasteiger partial charge >= 0.3 is 0 Å². The van der Waals surface area contributed by atoms with Crippen molar-refractivity contribution in [3.8, 4) is 0 Å². The van der Waals surface area contributed by atoms with Gasteiger partial charge < -0.3 is 0 Å². The summed E-state index contributed by atoms with van der Waals surface area (Å²) in [6.45, 7) is 5.88. The third-order valence-corrected chi connectivity index (χ3v) is 5.72. The second kappa shape index (κ2) is 7.99. The number of aryl methyl sites for hydroxylation is 1. The summed E-state index contributed by atoms with van der Waals surface area (Å²) in [7, 11) is 0. The van der Waals surface area contributed by atoms with Crippen molar-refractivity contribution in [1.29, 1.82) is 0 Å². The maximum atomic E-state index is 2.73. The lowest BCUT2D eigenvalue weighted by molar-refractivity contribution is 0.0961. The van der Waals surface area contributed by atoms with Crippen LogP contribution in [0.15, 0.2) is 60.7 Å². The van der Waals surface area contributed by atoms with Crippen molar-refractivity contribution < 1.29 is 0 Å². The van der Waals surface area contributed by atoms with Gasteiger partial charge in [-0.2, -0.15) is 0 Å². The molecule has 2 aromatic carbocycles. The van der Waals surface area contributed by atoms with Gasteiger partial charge in [-0.05, 0) is 36.0 Å². The molecule has 0 N–H and O–H groups in total. The predicted octanol–water partition coefficient (Wildman–Crippen LogP) is 3.87. The first-order valence-corrected chi connectivity index (χ1v) is 9.63. The fourth-order valence-electron chi connectivity index (χ4n) is 4.20. The highest BCUT2D eigenvalue weighted by molar-refractivity contribution is 5.48. The molecule has 4 rings (SSSR count). The van der Waals surface area contributed by atoms with Crippen LogP contribution in [-0.2, 0) is 12.8 Å². The normalized spacial score (nSPS) is 22.2. The van der Waals surface area contributed by atoms with Gasteiger partial charge in [0.15, 0.2) is 0 Å². The van der Waals surface area contributed by atoms with Gasteiger partial charge in [-0.25, -0.2) is 0 Å². The van der Waals surface area contributed by atoms with Gasteiger partial charge in [-0.15, -0.1) is 0 Å². The van der Waals surface area contributed by atoms with E-state index in [0.717, 1.165) is 12.6 Å². The Morgan fingerprint density at radius 2 is 1.56 bits per heavy atom. The Morgan fingerprint density at radius 1 is 0.840 bits per heavy atom. The van der Waals surface area contributed by atoms with E-state index < -0.39 is 0 Å². The number of hydrogen-bond donors (Lipinski definition) is 0. The molecule has 2 nitrogen and oxygen atoms in total. The second-order valence-corrected chi connectivity index (χ2v) is 7.31. The van der Waals surface area contributed by atoms with E-state index in [9.17, 15) is 0 Å². The lowest BCUT2D eigenvalue weighted by Gasteiger charge is -2.41. The zero-order chi connectivity index (χ0) is 16.9. The Labute approximate surface area is 151 Å². The first-order chi connectivity index (χ1) is 12.4. The highest BCUT2D eigenvalue weighted by Gasteiger charge is 2.26. The Balaban J connectivity index is 1.26. The molecule has 2 aromatic rings. The molecule has 0 radical (unpaired) electrons. The van der Waals surface area contributed by atoms with Gasteiger partial charge in [0, 0.05) is 38.8 Å². The molecule has 1 saturated heterocycles. The van der Waals surface area contributed by atoms with Crippen LogP contribution in [0, 0.1) is 0 Å². The summed E-state index contributed by atoms with van der Waals surface area (Å²) < 4.78 is 0. The Morgan fingerprint density at radius 3 is 2.36 bits per heavy atom. The lowest BCUT2D eigenvalue weighted by Crippen LogP contribution is -2.51. The molecule has 1 atom stereocenters. The SMILES string of the molecule is C(=C\c1ccccc1)/CN1CCN([C@@H]2CCc3ccccc3C2)CC1. The molecule has 25 heavy (non-hydrogen) atoms. The van der Waals surface area contributed by atoms with Crippen LogP contribution >= 0.6 is 0 Å². The molecule has 0 spiro atoms. The molecule has 2 heteroatoms. The molecular weight excluding hydrogens is 304 g/mol. The fourth-order valence-corrected chi connectivity index (χ4v) is 4.20. The molecule has 0 amide bonds. The van der Waals surface area contributed by atoms with E-state index >= 15 is 0 Å². The van der Waals surface area contributed by atoms with Crippen LogP contribution in [0.4, 0.5) is 0 Å². The van der Waals surface area contributed by atoms with Crippen molar-refractivity contribution in [1.82, 2.24) is 9.80 Å². The van der Waals surface area contributed by atoms with Crippen LogP contribution in [0.1, 0.15) is 23.1 Å². The van der Waals surface area contributed by atoms with E-state index in [0.29, 0.717) is 0 Å². The van der Waals surface area contributed by atoms with Crippen molar-refractivity contribution in [2.45, 2.75) is 25.3 Å². The van der Waals surface area contributed by atoms with Gasteiger partial charge in [-0.1, -0.05) is 66.7 Å². The summed E-state index contributed by atoms with van der Waals surface area (Å²) in [4.78, 5) is 5.31. The molecule has 1 aliphatic carbocycles. The van der Waals surface area contributed by atoms with Gasteiger partial charge in [0.25, 0.3) is 0 Å². The third-order valence-electron chi connectivity index (χ3n) is 5.72. The number of rotatable bonds is 4. The maximum Gasteiger partial charge on any atom is 0.0167 e. The monoisotopic (exact) mass is 332 g/mol. The van der Waals surface area contributed by atoms with Crippen LogP contribution in [0.5, 0.6) is 0 Å². The Bertz CT molecular complexity index is 699. The van der Waals surface area contributed by atoms with Gasteiger partial charge in [0.05, 0.1) is 0 Å². The van der Waals surface area contributed by atoms with E-state index in [2.05, 4.69) is 76.5 Å². The molecule has 1 aliphatic heterocycles. The molecule has 1 heterocycles.